The SMILES string of the molecule is COCC1(CNc2ncc(Br)c(OC)n2)CCNCC1. The molecule has 1 aromatic heterocycles. The second-order valence-corrected chi connectivity index (χ2v) is 5.94. The van der Waals surface area contributed by atoms with Gasteiger partial charge in [0.15, 0.2) is 0 Å². The molecule has 6 nitrogen and oxygen atoms in total. The van der Waals surface area contributed by atoms with E-state index in [4.69, 9.17) is 9.47 Å². The van der Waals surface area contributed by atoms with Gasteiger partial charge in [-0.2, -0.15) is 4.98 Å². The fourth-order valence-electron chi connectivity index (χ4n) is 2.48. The minimum absolute atomic E-state index is 0.143. The molecule has 20 heavy (non-hydrogen) atoms. The highest BCUT2D eigenvalue weighted by molar-refractivity contribution is 9.10. The molecule has 2 rings (SSSR count). The molecule has 2 heterocycles. The number of methoxy groups -OCH3 is 2. The molecule has 0 aromatic carbocycles. The standard InChI is InChI=1S/C13H21BrN4O2/c1-19-9-13(3-5-15-6-4-13)8-17-12-16-7-10(14)11(18-12)20-2/h7,15H,3-6,8-9H2,1-2H3,(H,16,17,18). The number of piperidine rings is 1. The molecule has 1 aliphatic rings. The molecular formula is C13H21BrN4O2. The summed E-state index contributed by atoms with van der Waals surface area (Å²) in [6.07, 6.45) is 3.86. The first kappa shape index (κ1) is 15.5. The molecule has 0 spiro atoms. The number of nitrogens with one attached hydrogen (secondary N) is 2. The van der Waals surface area contributed by atoms with Crippen molar-refractivity contribution in [1.29, 1.82) is 0 Å². The zero-order valence-electron chi connectivity index (χ0n) is 11.9. The Morgan fingerprint density at radius 2 is 2.15 bits per heavy atom. The first-order valence-corrected chi connectivity index (χ1v) is 7.48. The Morgan fingerprint density at radius 1 is 1.40 bits per heavy atom. The van der Waals surface area contributed by atoms with Crippen molar-refractivity contribution >= 4 is 21.9 Å². The van der Waals surface area contributed by atoms with Crippen molar-refractivity contribution in [2.24, 2.45) is 5.41 Å². The Kier molecular flexibility index (Phi) is 5.56. The Hall–Kier alpha value is -0.920. The summed E-state index contributed by atoms with van der Waals surface area (Å²) in [7, 11) is 3.35. The van der Waals surface area contributed by atoms with Crippen LogP contribution >= 0.6 is 15.9 Å². The summed E-state index contributed by atoms with van der Waals surface area (Å²) in [5, 5.41) is 6.69. The van der Waals surface area contributed by atoms with E-state index in [0.29, 0.717) is 11.8 Å². The first-order valence-electron chi connectivity index (χ1n) is 6.69. The molecule has 0 unspecified atom stereocenters. The van der Waals surface area contributed by atoms with Crippen molar-refractivity contribution in [1.82, 2.24) is 15.3 Å². The lowest BCUT2D eigenvalue weighted by Gasteiger charge is -2.37. The number of nitrogens with zero attached hydrogens (tertiary/aromatic N) is 2. The van der Waals surface area contributed by atoms with Gasteiger partial charge in [-0.3, -0.25) is 0 Å². The van der Waals surface area contributed by atoms with Crippen LogP contribution < -0.4 is 15.4 Å². The van der Waals surface area contributed by atoms with E-state index in [1.54, 1.807) is 20.4 Å². The second kappa shape index (κ2) is 7.19. The van der Waals surface area contributed by atoms with E-state index in [9.17, 15) is 0 Å². The quantitative estimate of drug-likeness (QED) is 0.818. The van der Waals surface area contributed by atoms with Gasteiger partial charge in [-0.15, -0.1) is 0 Å². The third-order valence-electron chi connectivity index (χ3n) is 3.64. The summed E-state index contributed by atoms with van der Waals surface area (Å²) in [5.41, 5.74) is 0.143. The Bertz CT molecular complexity index is 433. The van der Waals surface area contributed by atoms with Crippen LogP contribution in [0.5, 0.6) is 5.88 Å². The number of hydrogen-bond acceptors (Lipinski definition) is 6. The normalized spacial score (nSPS) is 17.8. The monoisotopic (exact) mass is 344 g/mol. The molecule has 0 radical (unpaired) electrons. The molecule has 0 amide bonds. The lowest BCUT2D eigenvalue weighted by molar-refractivity contribution is 0.0634. The van der Waals surface area contributed by atoms with Crippen LogP contribution in [0.3, 0.4) is 0 Å². The average molecular weight is 345 g/mol. The van der Waals surface area contributed by atoms with Gasteiger partial charge >= 0.3 is 0 Å². The van der Waals surface area contributed by atoms with Crippen LogP contribution in [0.15, 0.2) is 10.7 Å². The van der Waals surface area contributed by atoms with Crippen molar-refractivity contribution in [3.63, 3.8) is 0 Å². The van der Waals surface area contributed by atoms with Crippen LogP contribution in [0.2, 0.25) is 0 Å². The molecule has 1 aromatic rings. The van der Waals surface area contributed by atoms with Gasteiger partial charge in [-0.25, -0.2) is 4.98 Å². The zero-order chi connectivity index (χ0) is 14.4. The maximum Gasteiger partial charge on any atom is 0.232 e. The molecule has 2 N–H and O–H groups in total. The third kappa shape index (κ3) is 3.80. The zero-order valence-corrected chi connectivity index (χ0v) is 13.5. The average Bonchev–Trinajstić information content (AvgIpc) is 2.48. The Labute approximate surface area is 127 Å². The molecule has 0 bridgehead atoms. The second-order valence-electron chi connectivity index (χ2n) is 5.09. The van der Waals surface area contributed by atoms with Gasteiger partial charge in [-0.05, 0) is 41.9 Å². The van der Waals surface area contributed by atoms with Crippen molar-refractivity contribution in [2.75, 3.05) is 45.8 Å². The highest BCUT2D eigenvalue weighted by atomic mass is 79.9. The summed E-state index contributed by atoms with van der Waals surface area (Å²) in [6, 6.07) is 0. The maximum absolute atomic E-state index is 5.40. The summed E-state index contributed by atoms with van der Waals surface area (Å²) >= 11 is 3.35. The van der Waals surface area contributed by atoms with E-state index < -0.39 is 0 Å². The van der Waals surface area contributed by atoms with Gasteiger partial charge in [-0.1, -0.05) is 0 Å². The smallest absolute Gasteiger partial charge is 0.232 e. The topological polar surface area (TPSA) is 68.3 Å². The van der Waals surface area contributed by atoms with Crippen LogP contribution in [0.25, 0.3) is 0 Å². The van der Waals surface area contributed by atoms with Gasteiger partial charge in [0, 0.05) is 19.1 Å². The highest BCUT2D eigenvalue weighted by Crippen LogP contribution is 2.29. The number of aromatic nitrogens is 2. The van der Waals surface area contributed by atoms with Crippen LogP contribution in [-0.4, -0.2) is 50.4 Å². The summed E-state index contributed by atoms with van der Waals surface area (Å²) in [6.45, 7) is 3.59. The largest absolute Gasteiger partial charge is 0.480 e. The molecule has 0 aliphatic carbocycles. The molecule has 1 saturated heterocycles. The molecule has 7 heteroatoms. The lowest BCUT2D eigenvalue weighted by Crippen LogP contribution is -2.44. The van der Waals surface area contributed by atoms with Gasteiger partial charge < -0.3 is 20.1 Å². The van der Waals surface area contributed by atoms with E-state index in [1.165, 1.54) is 0 Å². The Morgan fingerprint density at radius 3 is 2.80 bits per heavy atom. The molecule has 112 valence electrons. The molecule has 0 saturated carbocycles. The van der Waals surface area contributed by atoms with Crippen LogP contribution in [-0.2, 0) is 4.74 Å². The van der Waals surface area contributed by atoms with Crippen LogP contribution in [0.4, 0.5) is 5.95 Å². The molecule has 0 atom stereocenters. The minimum atomic E-state index is 0.143. The maximum atomic E-state index is 5.40. The van der Waals surface area contributed by atoms with Gasteiger partial charge in [0.05, 0.1) is 24.4 Å². The predicted molar refractivity (Wildman–Crippen MR) is 81.2 cm³/mol. The predicted octanol–water partition coefficient (Wildman–Crippen LogP) is 1.68. The fraction of sp³-hybridized carbons (Fsp3) is 0.692. The fourth-order valence-corrected chi connectivity index (χ4v) is 2.83. The van der Waals surface area contributed by atoms with E-state index in [1.807, 2.05) is 0 Å². The number of halogens is 1. The Balaban J connectivity index is 2.01. The number of anilines is 1. The van der Waals surface area contributed by atoms with Gasteiger partial charge in [0.2, 0.25) is 11.8 Å². The first-order chi connectivity index (χ1) is 9.69. The van der Waals surface area contributed by atoms with E-state index in [2.05, 4.69) is 36.5 Å². The number of ether oxygens (including phenoxy) is 2. The summed E-state index contributed by atoms with van der Waals surface area (Å²) < 4.78 is 11.3. The van der Waals surface area contributed by atoms with E-state index in [0.717, 1.165) is 43.6 Å². The van der Waals surface area contributed by atoms with Crippen LogP contribution in [0.1, 0.15) is 12.8 Å². The third-order valence-corrected chi connectivity index (χ3v) is 4.19. The lowest BCUT2D eigenvalue weighted by atomic mass is 9.79. The number of rotatable bonds is 6. The molecule has 1 aliphatic heterocycles. The minimum Gasteiger partial charge on any atom is -0.480 e. The van der Waals surface area contributed by atoms with Crippen molar-refractivity contribution in [2.45, 2.75) is 12.8 Å². The van der Waals surface area contributed by atoms with Crippen molar-refractivity contribution < 1.29 is 9.47 Å². The summed E-state index contributed by atoms with van der Waals surface area (Å²) in [5.74, 6) is 1.12. The highest BCUT2D eigenvalue weighted by Gasteiger charge is 2.32. The number of hydrogen-bond donors (Lipinski definition) is 2. The van der Waals surface area contributed by atoms with E-state index >= 15 is 0 Å². The van der Waals surface area contributed by atoms with Crippen molar-refractivity contribution in [3.8, 4) is 5.88 Å². The summed E-state index contributed by atoms with van der Waals surface area (Å²) in [4.78, 5) is 8.58. The van der Waals surface area contributed by atoms with E-state index in [-0.39, 0.29) is 5.41 Å². The van der Waals surface area contributed by atoms with Gasteiger partial charge in [0.1, 0.15) is 0 Å². The van der Waals surface area contributed by atoms with Crippen molar-refractivity contribution in [3.05, 3.63) is 10.7 Å². The molecular weight excluding hydrogens is 324 g/mol. The van der Waals surface area contributed by atoms with Crippen LogP contribution in [0, 0.1) is 5.41 Å². The van der Waals surface area contributed by atoms with Gasteiger partial charge in [0.25, 0.3) is 0 Å². The molecule has 1 fully saturated rings.